The minimum Gasteiger partial charge on any atom is -0.476 e. The summed E-state index contributed by atoms with van der Waals surface area (Å²) in [4.78, 5) is 23.0. The van der Waals surface area contributed by atoms with E-state index in [1.165, 1.54) is 17.5 Å². The van der Waals surface area contributed by atoms with Gasteiger partial charge in [0.2, 0.25) is 0 Å². The van der Waals surface area contributed by atoms with E-state index in [9.17, 15) is 4.79 Å². The summed E-state index contributed by atoms with van der Waals surface area (Å²) in [7, 11) is 0. The third kappa shape index (κ3) is 2.78. The first-order chi connectivity index (χ1) is 8.06. The highest BCUT2D eigenvalue weighted by Gasteiger charge is 2.13. The lowest BCUT2D eigenvalue weighted by Gasteiger charge is -2.00. The van der Waals surface area contributed by atoms with Gasteiger partial charge in [-0.05, 0) is 6.92 Å². The van der Waals surface area contributed by atoms with E-state index in [4.69, 9.17) is 16.7 Å². The van der Waals surface area contributed by atoms with Crippen LogP contribution in [-0.2, 0) is 6.42 Å². The van der Waals surface area contributed by atoms with Crippen molar-refractivity contribution in [2.45, 2.75) is 13.3 Å². The van der Waals surface area contributed by atoms with Crippen molar-refractivity contribution < 1.29 is 9.90 Å². The van der Waals surface area contributed by atoms with E-state index in [0.717, 1.165) is 10.7 Å². The van der Waals surface area contributed by atoms with Gasteiger partial charge in [-0.25, -0.2) is 19.7 Å². The van der Waals surface area contributed by atoms with Gasteiger partial charge in [-0.1, -0.05) is 11.6 Å². The maximum absolute atomic E-state index is 10.8. The second-order valence-corrected chi connectivity index (χ2v) is 4.79. The molecule has 0 amide bonds. The van der Waals surface area contributed by atoms with E-state index in [1.54, 1.807) is 0 Å². The van der Waals surface area contributed by atoms with Crippen molar-refractivity contribution in [3.05, 3.63) is 38.8 Å². The smallest absolute Gasteiger partial charge is 0.356 e. The Morgan fingerprint density at radius 3 is 2.88 bits per heavy atom. The summed E-state index contributed by atoms with van der Waals surface area (Å²) in [6.07, 6.45) is 1.70. The van der Waals surface area contributed by atoms with Gasteiger partial charge in [-0.3, -0.25) is 0 Å². The van der Waals surface area contributed by atoms with Gasteiger partial charge >= 0.3 is 5.97 Å². The van der Waals surface area contributed by atoms with Crippen LogP contribution < -0.4 is 0 Å². The molecule has 17 heavy (non-hydrogen) atoms. The zero-order valence-corrected chi connectivity index (χ0v) is 10.4. The van der Waals surface area contributed by atoms with Crippen molar-refractivity contribution in [3.8, 4) is 0 Å². The first-order valence-electron chi connectivity index (χ1n) is 4.72. The van der Waals surface area contributed by atoms with Crippen molar-refractivity contribution in [2.24, 2.45) is 0 Å². The van der Waals surface area contributed by atoms with Gasteiger partial charge in [0.25, 0.3) is 0 Å². The molecule has 0 spiro atoms. The first kappa shape index (κ1) is 11.9. The van der Waals surface area contributed by atoms with Crippen molar-refractivity contribution in [1.29, 1.82) is 0 Å². The van der Waals surface area contributed by atoms with E-state index in [-0.39, 0.29) is 10.7 Å². The van der Waals surface area contributed by atoms with E-state index in [1.807, 2.05) is 12.3 Å². The van der Waals surface area contributed by atoms with Crippen LogP contribution in [0.25, 0.3) is 0 Å². The van der Waals surface area contributed by atoms with E-state index in [2.05, 4.69) is 15.0 Å². The molecule has 2 aromatic rings. The molecule has 1 N–H and O–H groups in total. The molecule has 0 aliphatic heterocycles. The van der Waals surface area contributed by atoms with Gasteiger partial charge in [0.1, 0.15) is 5.82 Å². The number of halogens is 1. The highest BCUT2D eigenvalue weighted by molar-refractivity contribution is 7.09. The Hall–Kier alpha value is -1.53. The lowest BCUT2D eigenvalue weighted by molar-refractivity contribution is 0.0690. The number of nitrogens with zero attached hydrogens (tertiary/aromatic N) is 3. The number of carboxylic acid groups (broad SMARTS) is 1. The topological polar surface area (TPSA) is 76.0 Å². The summed E-state index contributed by atoms with van der Waals surface area (Å²) in [6.45, 7) is 1.90. The van der Waals surface area contributed by atoms with Crippen LogP contribution in [0.2, 0.25) is 5.02 Å². The molecular weight excluding hydrogens is 262 g/mol. The van der Waals surface area contributed by atoms with Gasteiger partial charge in [0, 0.05) is 5.38 Å². The van der Waals surface area contributed by atoms with Gasteiger partial charge < -0.3 is 5.11 Å². The van der Waals surface area contributed by atoms with Crippen molar-refractivity contribution in [2.75, 3.05) is 0 Å². The number of aromatic carboxylic acids is 1. The number of hydrogen-bond donors (Lipinski definition) is 1. The van der Waals surface area contributed by atoms with Crippen molar-refractivity contribution in [1.82, 2.24) is 15.0 Å². The molecule has 0 unspecified atom stereocenters. The predicted molar refractivity (Wildman–Crippen MR) is 63.7 cm³/mol. The van der Waals surface area contributed by atoms with Gasteiger partial charge in [0.15, 0.2) is 5.69 Å². The Bertz CT molecular complexity index is 570. The molecular formula is C10H8ClN3O2S. The summed E-state index contributed by atoms with van der Waals surface area (Å²) >= 11 is 7.21. The molecule has 0 saturated heterocycles. The molecule has 0 radical (unpaired) electrons. The molecule has 0 fully saturated rings. The monoisotopic (exact) mass is 269 g/mol. The molecule has 0 aromatic carbocycles. The highest BCUT2D eigenvalue weighted by atomic mass is 35.5. The number of carboxylic acids is 1. The summed E-state index contributed by atoms with van der Waals surface area (Å²) in [5.74, 6) is -0.759. The van der Waals surface area contributed by atoms with Crippen LogP contribution in [0, 0.1) is 6.92 Å². The Balaban J connectivity index is 2.28. The highest BCUT2D eigenvalue weighted by Crippen LogP contribution is 2.15. The fourth-order valence-corrected chi connectivity index (χ4v) is 2.07. The van der Waals surface area contributed by atoms with Gasteiger partial charge in [0.05, 0.1) is 28.3 Å². The van der Waals surface area contributed by atoms with E-state index >= 15 is 0 Å². The molecule has 88 valence electrons. The Kier molecular flexibility index (Phi) is 3.35. The molecule has 2 rings (SSSR count). The summed E-state index contributed by atoms with van der Waals surface area (Å²) < 4.78 is 0. The van der Waals surface area contributed by atoms with E-state index in [0.29, 0.717) is 12.2 Å². The van der Waals surface area contributed by atoms with Crippen LogP contribution in [-0.4, -0.2) is 26.0 Å². The second kappa shape index (κ2) is 4.77. The molecule has 0 saturated carbocycles. The number of aryl methyl sites for hydroxylation is 1. The maximum Gasteiger partial charge on any atom is 0.356 e. The largest absolute Gasteiger partial charge is 0.476 e. The first-order valence-corrected chi connectivity index (χ1v) is 5.97. The molecule has 5 nitrogen and oxygen atoms in total. The lowest BCUT2D eigenvalue weighted by Crippen LogP contribution is -2.06. The zero-order valence-electron chi connectivity index (χ0n) is 8.85. The average molecular weight is 270 g/mol. The average Bonchev–Trinajstić information content (AvgIpc) is 2.66. The fraction of sp³-hybridized carbons (Fsp3) is 0.200. The molecule has 0 aliphatic carbocycles. The maximum atomic E-state index is 10.8. The predicted octanol–water partition coefficient (Wildman–Crippen LogP) is 2.18. The number of thiazole rings is 1. The lowest BCUT2D eigenvalue weighted by atomic mass is 10.3. The van der Waals surface area contributed by atoms with Crippen LogP contribution in [0.5, 0.6) is 0 Å². The van der Waals surface area contributed by atoms with Crippen LogP contribution in [0.1, 0.15) is 27.0 Å². The molecule has 2 aromatic heterocycles. The quantitative estimate of drug-likeness (QED) is 0.924. The van der Waals surface area contributed by atoms with Crippen LogP contribution in [0.15, 0.2) is 11.6 Å². The van der Waals surface area contributed by atoms with Crippen molar-refractivity contribution in [3.63, 3.8) is 0 Å². The standard InChI is InChI=1S/C10H8ClN3O2S/c1-5-13-6(4-17-5)2-8-12-3-7(11)9(14-8)10(15)16/h3-4H,2H2,1H3,(H,15,16). The number of hydrogen-bond acceptors (Lipinski definition) is 5. The summed E-state index contributed by atoms with van der Waals surface area (Å²) in [5.41, 5.74) is 0.648. The van der Waals surface area contributed by atoms with Gasteiger partial charge in [-0.15, -0.1) is 11.3 Å². The normalized spacial score (nSPS) is 10.5. The molecule has 0 aliphatic rings. The van der Waals surface area contributed by atoms with Crippen LogP contribution >= 0.6 is 22.9 Å². The van der Waals surface area contributed by atoms with Gasteiger partial charge in [-0.2, -0.15) is 0 Å². The van der Waals surface area contributed by atoms with E-state index < -0.39 is 5.97 Å². The third-order valence-corrected chi connectivity index (χ3v) is 3.10. The summed E-state index contributed by atoms with van der Waals surface area (Å²) in [6, 6.07) is 0. The number of aromatic nitrogens is 3. The third-order valence-electron chi connectivity index (χ3n) is 2.00. The second-order valence-electron chi connectivity index (χ2n) is 3.32. The molecule has 0 bridgehead atoms. The molecule has 0 atom stereocenters. The Morgan fingerprint density at radius 2 is 2.29 bits per heavy atom. The fourth-order valence-electron chi connectivity index (χ4n) is 1.29. The summed E-state index contributed by atoms with van der Waals surface area (Å²) in [5, 5.41) is 11.8. The SMILES string of the molecule is Cc1nc(Cc2ncc(Cl)c(C(=O)O)n2)cs1. The van der Waals surface area contributed by atoms with Crippen LogP contribution in [0.4, 0.5) is 0 Å². The Morgan fingerprint density at radius 1 is 1.53 bits per heavy atom. The molecule has 2 heterocycles. The minimum absolute atomic E-state index is 0.0377. The zero-order chi connectivity index (χ0) is 12.4. The number of carbonyl (C=O) groups is 1. The van der Waals surface area contributed by atoms with Crippen LogP contribution in [0.3, 0.4) is 0 Å². The minimum atomic E-state index is -1.16. The molecule has 7 heteroatoms. The number of rotatable bonds is 3. The van der Waals surface area contributed by atoms with Crippen molar-refractivity contribution >= 4 is 28.9 Å². The Labute approximate surface area is 106 Å².